The first-order chi connectivity index (χ1) is 11.1. The second-order valence-electron chi connectivity index (χ2n) is 5.80. The molecule has 1 heterocycles. The van der Waals surface area contributed by atoms with E-state index in [-0.39, 0.29) is 11.6 Å². The molecule has 0 spiro atoms. The number of carbonyl (C=O) groups is 2. The van der Waals surface area contributed by atoms with Crippen LogP contribution >= 0.6 is 11.3 Å². The van der Waals surface area contributed by atoms with Crippen LogP contribution < -0.4 is 0 Å². The van der Waals surface area contributed by atoms with E-state index < -0.39 is 5.41 Å². The zero-order valence-electron chi connectivity index (χ0n) is 13.5. The van der Waals surface area contributed by atoms with Gasteiger partial charge in [-0.25, -0.2) is 0 Å². The Morgan fingerprint density at radius 3 is 2.35 bits per heavy atom. The Hall–Kier alpha value is -2.00. The van der Waals surface area contributed by atoms with E-state index in [1.165, 1.54) is 4.88 Å². The van der Waals surface area contributed by atoms with Crippen molar-refractivity contribution in [1.29, 1.82) is 0 Å². The average molecular weight is 324 g/mol. The lowest BCUT2D eigenvalue weighted by Crippen LogP contribution is -2.45. The summed E-state index contributed by atoms with van der Waals surface area (Å²) < 4.78 is 0. The average Bonchev–Trinajstić information content (AvgIpc) is 3.13. The van der Waals surface area contributed by atoms with Gasteiger partial charge in [-0.2, -0.15) is 0 Å². The van der Waals surface area contributed by atoms with Gasteiger partial charge in [0.05, 0.1) is 0 Å². The van der Waals surface area contributed by atoms with E-state index in [0.717, 1.165) is 16.7 Å². The van der Waals surface area contributed by atoms with Gasteiger partial charge < -0.3 is 0 Å². The second-order valence-corrected chi connectivity index (χ2v) is 6.75. The highest BCUT2D eigenvalue weighted by atomic mass is 32.1. The molecule has 2 aromatic rings. The van der Waals surface area contributed by atoms with Gasteiger partial charge in [-0.15, -0.1) is 11.3 Å². The molecule has 0 saturated carbocycles. The van der Waals surface area contributed by atoms with E-state index in [2.05, 4.69) is 17.5 Å². The Kier molecular flexibility index (Phi) is 4.31. The fourth-order valence-corrected chi connectivity index (χ4v) is 4.30. The van der Waals surface area contributed by atoms with Gasteiger partial charge >= 0.3 is 0 Å². The molecule has 0 atom stereocenters. The molecule has 2 nitrogen and oxygen atoms in total. The van der Waals surface area contributed by atoms with E-state index in [0.29, 0.717) is 19.3 Å². The monoisotopic (exact) mass is 324 g/mol. The molecule has 0 radical (unpaired) electrons. The van der Waals surface area contributed by atoms with E-state index in [4.69, 9.17) is 0 Å². The number of allylic oxidation sites excluding steroid dienone is 1. The molecule has 3 rings (SSSR count). The smallest absolute Gasteiger partial charge is 0.150 e. The number of hydrogen-bond donors (Lipinski definition) is 0. The van der Waals surface area contributed by atoms with Crippen LogP contribution in [0, 0.1) is 0 Å². The van der Waals surface area contributed by atoms with E-state index in [1.54, 1.807) is 11.3 Å². The number of carbonyl (C=O) groups excluding carboxylic acids is 2. The molecule has 3 heteroatoms. The zero-order chi connectivity index (χ0) is 16.4. The second kappa shape index (κ2) is 6.25. The van der Waals surface area contributed by atoms with Crippen LogP contribution in [0.5, 0.6) is 0 Å². The summed E-state index contributed by atoms with van der Waals surface area (Å²) in [4.78, 5) is 26.8. The van der Waals surface area contributed by atoms with Crippen molar-refractivity contribution in [2.24, 2.45) is 0 Å². The van der Waals surface area contributed by atoms with Crippen molar-refractivity contribution >= 4 is 28.5 Å². The summed E-state index contributed by atoms with van der Waals surface area (Å²) in [7, 11) is 0. The maximum absolute atomic E-state index is 12.8. The van der Waals surface area contributed by atoms with Gasteiger partial charge in [-0.3, -0.25) is 9.59 Å². The van der Waals surface area contributed by atoms with Gasteiger partial charge in [0.1, 0.15) is 5.41 Å². The van der Waals surface area contributed by atoms with Gasteiger partial charge in [-0.1, -0.05) is 50.3 Å². The minimum atomic E-state index is -0.999. The number of ketones is 2. The van der Waals surface area contributed by atoms with Crippen LogP contribution in [0.15, 0.2) is 47.9 Å². The number of benzene rings is 1. The number of hydrogen-bond acceptors (Lipinski definition) is 3. The molecule has 1 aromatic heterocycles. The normalized spacial score (nSPS) is 15.7. The van der Waals surface area contributed by atoms with Crippen LogP contribution in [0.1, 0.15) is 49.1 Å². The van der Waals surface area contributed by atoms with Crippen molar-refractivity contribution in [3.05, 3.63) is 63.9 Å². The van der Waals surface area contributed by atoms with Crippen LogP contribution in [0.4, 0.5) is 0 Å². The molecule has 118 valence electrons. The molecule has 0 bridgehead atoms. The van der Waals surface area contributed by atoms with E-state index in [9.17, 15) is 9.59 Å². The summed E-state index contributed by atoms with van der Waals surface area (Å²) in [6.45, 7) is 3.68. The van der Waals surface area contributed by atoms with Crippen molar-refractivity contribution in [3.63, 3.8) is 0 Å². The van der Waals surface area contributed by atoms with Crippen LogP contribution in [0.25, 0.3) is 5.57 Å². The maximum atomic E-state index is 12.8. The molecule has 0 amide bonds. The van der Waals surface area contributed by atoms with Crippen LogP contribution in [0.3, 0.4) is 0 Å². The predicted octanol–water partition coefficient (Wildman–Crippen LogP) is 4.78. The molecule has 1 aliphatic carbocycles. The minimum absolute atomic E-state index is 0.0262. The fourth-order valence-electron chi connectivity index (χ4n) is 3.52. The van der Waals surface area contributed by atoms with Crippen molar-refractivity contribution in [3.8, 4) is 0 Å². The first-order valence-electron chi connectivity index (χ1n) is 8.05. The molecule has 0 N–H and O–H groups in total. The molecule has 0 unspecified atom stereocenters. The number of thiophene rings is 1. The lowest BCUT2D eigenvalue weighted by molar-refractivity contribution is -0.135. The summed E-state index contributed by atoms with van der Waals surface area (Å²) >= 11 is 1.68. The highest BCUT2D eigenvalue weighted by Crippen LogP contribution is 2.44. The third kappa shape index (κ3) is 2.40. The molecule has 1 aliphatic rings. The van der Waals surface area contributed by atoms with Crippen molar-refractivity contribution < 1.29 is 9.59 Å². The molecule has 23 heavy (non-hydrogen) atoms. The lowest BCUT2D eigenvalue weighted by Gasteiger charge is -2.35. The molecule has 1 aromatic carbocycles. The topological polar surface area (TPSA) is 34.1 Å². The summed E-state index contributed by atoms with van der Waals surface area (Å²) in [5, 5.41) is 2.05. The number of rotatable bonds is 5. The maximum Gasteiger partial charge on any atom is 0.150 e. The third-order valence-corrected chi connectivity index (χ3v) is 5.57. The molecular formula is C20H20O2S. The summed E-state index contributed by atoms with van der Waals surface area (Å²) in [6, 6.07) is 12.0. The Morgan fingerprint density at radius 2 is 1.74 bits per heavy atom. The minimum Gasteiger partial charge on any atom is -0.298 e. The standard InChI is InChI=1S/C20H20O2S/c1-3-18(21)20(19(22)4-2)12-11-15(17-10-7-13-23-17)14-8-5-6-9-16(14)20/h5-11,13H,3-4,12H2,1-2H3. The first kappa shape index (κ1) is 15.9. The van der Waals surface area contributed by atoms with Gasteiger partial charge in [0, 0.05) is 17.7 Å². The Balaban J connectivity index is 2.24. The lowest BCUT2D eigenvalue weighted by atomic mass is 9.64. The van der Waals surface area contributed by atoms with Crippen molar-refractivity contribution in [2.45, 2.75) is 38.5 Å². The fraction of sp³-hybridized carbons (Fsp3) is 0.300. The Bertz CT molecular complexity index is 753. The molecule has 0 saturated heterocycles. The third-order valence-electron chi connectivity index (χ3n) is 4.67. The predicted molar refractivity (Wildman–Crippen MR) is 94.7 cm³/mol. The number of Topliss-reactive ketones (excluding diaryl/α,β-unsaturated/α-hetero) is 2. The Labute approximate surface area is 140 Å². The molecule has 0 fully saturated rings. The van der Waals surface area contributed by atoms with E-state index in [1.807, 2.05) is 44.2 Å². The molecule has 0 aliphatic heterocycles. The largest absolute Gasteiger partial charge is 0.298 e. The Morgan fingerprint density at radius 1 is 1.04 bits per heavy atom. The van der Waals surface area contributed by atoms with Crippen LogP contribution in [-0.2, 0) is 15.0 Å². The number of fused-ring (bicyclic) bond motifs is 1. The summed E-state index contributed by atoms with van der Waals surface area (Å²) in [5.74, 6) is 0.0524. The first-order valence-corrected chi connectivity index (χ1v) is 8.93. The highest BCUT2D eigenvalue weighted by Gasteiger charge is 2.47. The van der Waals surface area contributed by atoms with Gasteiger partial charge in [0.15, 0.2) is 11.6 Å². The summed E-state index contributed by atoms with van der Waals surface area (Å²) in [6.07, 6.45) is 3.30. The van der Waals surface area contributed by atoms with Gasteiger partial charge in [0.2, 0.25) is 0 Å². The van der Waals surface area contributed by atoms with Crippen LogP contribution in [-0.4, -0.2) is 11.6 Å². The van der Waals surface area contributed by atoms with Crippen LogP contribution in [0.2, 0.25) is 0 Å². The van der Waals surface area contributed by atoms with Crippen molar-refractivity contribution in [2.75, 3.05) is 0 Å². The van der Waals surface area contributed by atoms with E-state index >= 15 is 0 Å². The molecular weight excluding hydrogens is 304 g/mol. The summed E-state index contributed by atoms with van der Waals surface area (Å²) in [5.41, 5.74) is 2.04. The van der Waals surface area contributed by atoms with Gasteiger partial charge in [0.25, 0.3) is 0 Å². The quantitative estimate of drug-likeness (QED) is 0.742. The SMILES string of the molecule is CCC(=O)C1(C(=O)CC)CC=C(c2cccs2)c2ccccc21. The zero-order valence-corrected chi connectivity index (χ0v) is 14.3. The highest BCUT2D eigenvalue weighted by molar-refractivity contribution is 7.11. The van der Waals surface area contributed by atoms with Crippen molar-refractivity contribution in [1.82, 2.24) is 0 Å². The van der Waals surface area contributed by atoms with Gasteiger partial charge in [-0.05, 0) is 34.6 Å².